The van der Waals surface area contributed by atoms with Gasteiger partial charge in [-0.25, -0.2) is 4.79 Å². The summed E-state index contributed by atoms with van der Waals surface area (Å²) in [5, 5.41) is 1.38. The van der Waals surface area contributed by atoms with Crippen molar-refractivity contribution in [3.05, 3.63) is 64.0 Å². The van der Waals surface area contributed by atoms with Crippen LogP contribution in [0.5, 0.6) is 0 Å². The van der Waals surface area contributed by atoms with Gasteiger partial charge in [0.15, 0.2) is 0 Å². The average Bonchev–Trinajstić information content (AvgIpc) is 2.60. The highest BCUT2D eigenvalue weighted by Gasteiger charge is 2.35. The third-order valence-electron chi connectivity index (χ3n) is 4.82. The Kier molecular flexibility index (Phi) is 4.36. The summed E-state index contributed by atoms with van der Waals surface area (Å²) < 4.78 is 1.56. The van der Waals surface area contributed by atoms with Crippen molar-refractivity contribution in [1.29, 1.82) is 0 Å². The van der Waals surface area contributed by atoms with E-state index in [4.69, 9.17) is 11.6 Å². The van der Waals surface area contributed by atoms with Crippen molar-refractivity contribution in [3.63, 3.8) is 0 Å². The highest BCUT2D eigenvalue weighted by Crippen LogP contribution is 2.31. The van der Waals surface area contributed by atoms with Crippen LogP contribution in [0.3, 0.4) is 0 Å². The number of halogens is 1. The van der Waals surface area contributed by atoms with Crippen molar-refractivity contribution in [2.24, 2.45) is 5.92 Å². The molecule has 6 nitrogen and oxygen atoms in total. The van der Waals surface area contributed by atoms with Gasteiger partial charge in [0.25, 0.3) is 0 Å². The van der Waals surface area contributed by atoms with E-state index in [2.05, 4.69) is 4.98 Å². The third kappa shape index (κ3) is 3.06. The van der Waals surface area contributed by atoms with E-state index in [1.54, 1.807) is 35.7 Å². The number of anilines is 1. The van der Waals surface area contributed by atoms with Crippen molar-refractivity contribution in [2.45, 2.75) is 0 Å². The van der Waals surface area contributed by atoms with Gasteiger partial charge in [-0.1, -0.05) is 29.8 Å². The number of aromatic nitrogens is 2. The topological polar surface area (TPSA) is 58.4 Å². The van der Waals surface area contributed by atoms with E-state index >= 15 is 0 Å². The number of hydrogen-bond donors (Lipinski definition) is 0. The highest BCUT2D eigenvalue weighted by molar-refractivity contribution is 6.31. The fourth-order valence-corrected chi connectivity index (χ4v) is 3.59. The van der Waals surface area contributed by atoms with Gasteiger partial charge in [0.2, 0.25) is 5.91 Å². The second kappa shape index (κ2) is 6.70. The SMILES string of the molecule is CN(C)C(=O)C1CN(c2nc(=O)n(-c3ccccc3)c3cc(Cl)ccc23)C1. The number of para-hydroxylation sites is 1. The van der Waals surface area contributed by atoms with Crippen molar-refractivity contribution in [2.75, 3.05) is 32.1 Å². The Morgan fingerprint density at radius 2 is 1.85 bits per heavy atom. The van der Waals surface area contributed by atoms with Crippen molar-refractivity contribution >= 4 is 34.2 Å². The molecule has 0 N–H and O–H groups in total. The van der Waals surface area contributed by atoms with E-state index in [0.717, 1.165) is 11.1 Å². The molecule has 1 aliphatic heterocycles. The van der Waals surface area contributed by atoms with Crippen LogP contribution < -0.4 is 10.6 Å². The number of hydrogen-bond acceptors (Lipinski definition) is 4. The Balaban J connectivity index is 1.81. The zero-order chi connectivity index (χ0) is 19.1. The van der Waals surface area contributed by atoms with Gasteiger partial charge in [-0.05, 0) is 30.3 Å². The van der Waals surface area contributed by atoms with Crippen LogP contribution in [-0.4, -0.2) is 47.5 Å². The number of amides is 1. The predicted molar refractivity (Wildman–Crippen MR) is 107 cm³/mol. The minimum absolute atomic E-state index is 0.0688. The minimum Gasteiger partial charge on any atom is -0.354 e. The van der Waals surface area contributed by atoms with Gasteiger partial charge in [0.1, 0.15) is 5.82 Å². The molecule has 1 amide bonds. The molecule has 1 saturated heterocycles. The van der Waals surface area contributed by atoms with Crippen LogP contribution in [0.15, 0.2) is 53.3 Å². The smallest absolute Gasteiger partial charge is 0.354 e. The number of fused-ring (bicyclic) bond motifs is 1. The molecule has 138 valence electrons. The van der Waals surface area contributed by atoms with E-state index in [0.29, 0.717) is 29.4 Å². The second-order valence-electron chi connectivity index (χ2n) is 6.88. The van der Waals surface area contributed by atoms with Crippen LogP contribution in [0.25, 0.3) is 16.6 Å². The van der Waals surface area contributed by atoms with E-state index in [-0.39, 0.29) is 17.5 Å². The maximum atomic E-state index is 12.8. The molecule has 1 fully saturated rings. The van der Waals surface area contributed by atoms with Gasteiger partial charge in [-0.15, -0.1) is 0 Å². The minimum atomic E-state index is -0.367. The summed E-state index contributed by atoms with van der Waals surface area (Å²) in [5.74, 6) is 0.624. The molecular formula is C20H19ClN4O2. The van der Waals surface area contributed by atoms with E-state index in [1.807, 2.05) is 41.3 Å². The normalized spacial score (nSPS) is 14.3. The molecule has 0 bridgehead atoms. The van der Waals surface area contributed by atoms with Crippen LogP contribution in [0.1, 0.15) is 0 Å². The maximum Gasteiger partial charge on any atom is 0.354 e. The summed E-state index contributed by atoms with van der Waals surface area (Å²) in [6.45, 7) is 1.10. The summed E-state index contributed by atoms with van der Waals surface area (Å²) >= 11 is 6.21. The molecule has 0 unspecified atom stereocenters. The first-order valence-electron chi connectivity index (χ1n) is 8.69. The first kappa shape index (κ1) is 17.5. The molecule has 1 aliphatic rings. The lowest BCUT2D eigenvalue weighted by molar-refractivity contribution is -0.133. The number of carbonyl (C=O) groups excluding carboxylic acids is 1. The van der Waals surface area contributed by atoms with Gasteiger partial charge in [0.05, 0.1) is 17.1 Å². The summed E-state index contributed by atoms with van der Waals surface area (Å²) in [4.78, 5) is 32.9. The summed E-state index contributed by atoms with van der Waals surface area (Å²) in [5.41, 5.74) is 1.07. The molecular weight excluding hydrogens is 364 g/mol. The van der Waals surface area contributed by atoms with Crippen molar-refractivity contribution < 1.29 is 4.79 Å². The van der Waals surface area contributed by atoms with E-state index in [9.17, 15) is 9.59 Å². The van der Waals surface area contributed by atoms with Gasteiger partial charge in [0, 0.05) is 37.6 Å². The molecule has 27 heavy (non-hydrogen) atoms. The Hall–Kier alpha value is -2.86. The first-order valence-corrected chi connectivity index (χ1v) is 9.07. The van der Waals surface area contributed by atoms with Crippen LogP contribution in [0.4, 0.5) is 5.82 Å². The number of rotatable bonds is 3. The Morgan fingerprint density at radius 1 is 1.15 bits per heavy atom. The van der Waals surface area contributed by atoms with E-state index in [1.165, 1.54) is 0 Å². The summed E-state index contributed by atoms with van der Waals surface area (Å²) in [6.07, 6.45) is 0. The molecule has 0 aliphatic carbocycles. The molecule has 2 heterocycles. The fourth-order valence-electron chi connectivity index (χ4n) is 3.42. The molecule has 2 aromatic carbocycles. The third-order valence-corrected chi connectivity index (χ3v) is 5.06. The monoisotopic (exact) mass is 382 g/mol. The average molecular weight is 383 g/mol. The van der Waals surface area contributed by atoms with Crippen molar-refractivity contribution in [1.82, 2.24) is 14.5 Å². The Bertz CT molecular complexity index is 1070. The zero-order valence-electron chi connectivity index (χ0n) is 15.1. The van der Waals surface area contributed by atoms with Crippen LogP contribution in [-0.2, 0) is 4.79 Å². The van der Waals surface area contributed by atoms with Crippen molar-refractivity contribution in [3.8, 4) is 5.69 Å². The highest BCUT2D eigenvalue weighted by atomic mass is 35.5. The molecule has 7 heteroatoms. The van der Waals surface area contributed by atoms with Gasteiger partial charge in [-0.2, -0.15) is 4.98 Å². The Labute approximate surface area is 161 Å². The lowest BCUT2D eigenvalue weighted by atomic mass is 9.98. The molecule has 0 saturated carbocycles. The number of carbonyl (C=O) groups is 1. The second-order valence-corrected chi connectivity index (χ2v) is 7.32. The maximum absolute atomic E-state index is 12.8. The first-order chi connectivity index (χ1) is 13.0. The number of nitrogens with zero attached hydrogens (tertiary/aromatic N) is 4. The molecule has 4 rings (SSSR count). The van der Waals surface area contributed by atoms with Crippen LogP contribution in [0.2, 0.25) is 5.02 Å². The molecule has 0 spiro atoms. The number of benzene rings is 2. The quantitative estimate of drug-likeness (QED) is 0.698. The summed E-state index contributed by atoms with van der Waals surface area (Å²) in [7, 11) is 3.50. The molecule has 1 aromatic heterocycles. The Morgan fingerprint density at radius 3 is 2.52 bits per heavy atom. The van der Waals surface area contributed by atoms with Gasteiger partial charge in [-0.3, -0.25) is 9.36 Å². The van der Waals surface area contributed by atoms with Crippen LogP contribution >= 0.6 is 11.6 Å². The lowest BCUT2D eigenvalue weighted by Gasteiger charge is -2.40. The van der Waals surface area contributed by atoms with Gasteiger partial charge < -0.3 is 9.80 Å². The fraction of sp³-hybridized carbons (Fsp3) is 0.250. The van der Waals surface area contributed by atoms with Crippen LogP contribution in [0, 0.1) is 5.92 Å². The molecule has 3 aromatic rings. The zero-order valence-corrected chi connectivity index (χ0v) is 15.8. The molecule has 0 atom stereocenters. The largest absolute Gasteiger partial charge is 0.354 e. The predicted octanol–water partition coefficient (Wildman–Crippen LogP) is 2.56. The summed E-state index contributed by atoms with van der Waals surface area (Å²) in [6, 6.07) is 14.8. The lowest BCUT2D eigenvalue weighted by Crippen LogP contribution is -2.54. The molecule has 0 radical (unpaired) electrons. The standard InChI is InChI=1S/C20H19ClN4O2/c1-23(2)19(26)13-11-24(12-13)18-16-9-8-14(21)10-17(16)25(20(27)22-18)15-6-4-3-5-7-15/h3-10,13H,11-12H2,1-2H3. The van der Waals surface area contributed by atoms with Gasteiger partial charge >= 0.3 is 5.69 Å². The van der Waals surface area contributed by atoms with E-state index < -0.39 is 0 Å².